The first kappa shape index (κ1) is 14.1. The molecule has 1 saturated heterocycles. The zero-order valence-corrected chi connectivity index (χ0v) is 12.7. The lowest BCUT2D eigenvalue weighted by Crippen LogP contribution is -2.23. The van der Waals surface area contributed by atoms with Gasteiger partial charge in [0.15, 0.2) is 0 Å². The molecule has 3 nitrogen and oxygen atoms in total. The van der Waals surface area contributed by atoms with Gasteiger partial charge in [-0.05, 0) is 43.5 Å². The highest BCUT2D eigenvalue weighted by molar-refractivity contribution is 5.30. The van der Waals surface area contributed by atoms with E-state index in [1.807, 2.05) is 18.3 Å². The number of hydrogen-bond acceptors (Lipinski definition) is 3. The second kappa shape index (κ2) is 6.27. The molecule has 0 spiro atoms. The van der Waals surface area contributed by atoms with Gasteiger partial charge in [0.05, 0.1) is 12.8 Å². The van der Waals surface area contributed by atoms with Crippen molar-refractivity contribution in [3.05, 3.63) is 59.4 Å². The quantitative estimate of drug-likeness (QED) is 0.854. The summed E-state index contributed by atoms with van der Waals surface area (Å²) in [5, 5.41) is 0. The average Bonchev–Trinajstić information content (AvgIpc) is 2.96. The Kier molecular flexibility index (Phi) is 4.20. The fourth-order valence-electron chi connectivity index (χ4n) is 3.21. The molecule has 21 heavy (non-hydrogen) atoms. The number of hydrogen-bond donors (Lipinski definition) is 0. The number of nitrogens with zero attached hydrogens (tertiary/aromatic N) is 2. The van der Waals surface area contributed by atoms with Crippen LogP contribution in [-0.4, -0.2) is 23.5 Å². The summed E-state index contributed by atoms with van der Waals surface area (Å²) in [5.74, 6) is 0.881. The first-order valence-electron chi connectivity index (χ1n) is 7.56. The zero-order valence-electron chi connectivity index (χ0n) is 12.7. The van der Waals surface area contributed by atoms with Crippen molar-refractivity contribution >= 4 is 0 Å². The number of methoxy groups -OCH3 is 1. The monoisotopic (exact) mass is 282 g/mol. The number of rotatable bonds is 4. The van der Waals surface area contributed by atoms with E-state index in [1.165, 1.54) is 24.0 Å². The molecule has 0 N–H and O–H groups in total. The molecule has 110 valence electrons. The summed E-state index contributed by atoms with van der Waals surface area (Å²) in [6.07, 6.45) is 4.31. The minimum atomic E-state index is 0.513. The van der Waals surface area contributed by atoms with E-state index in [0.29, 0.717) is 6.04 Å². The predicted octanol–water partition coefficient (Wildman–Crippen LogP) is 3.74. The van der Waals surface area contributed by atoms with Crippen molar-refractivity contribution in [3.63, 3.8) is 0 Å². The van der Waals surface area contributed by atoms with E-state index in [9.17, 15) is 0 Å². The molecule has 1 atom stereocenters. The lowest BCUT2D eigenvalue weighted by Gasteiger charge is -2.25. The van der Waals surface area contributed by atoms with Crippen LogP contribution < -0.4 is 4.74 Å². The normalized spacial score (nSPS) is 18.9. The van der Waals surface area contributed by atoms with Gasteiger partial charge in [-0.25, -0.2) is 0 Å². The summed E-state index contributed by atoms with van der Waals surface area (Å²) < 4.78 is 5.29. The van der Waals surface area contributed by atoms with Crippen molar-refractivity contribution in [2.75, 3.05) is 13.7 Å². The van der Waals surface area contributed by atoms with Crippen LogP contribution in [0.4, 0.5) is 0 Å². The number of likely N-dealkylation sites (tertiary alicyclic amines) is 1. The van der Waals surface area contributed by atoms with Crippen LogP contribution in [0.3, 0.4) is 0 Å². The van der Waals surface area contributed by atoms with Crippen molar-refractivity contribution < 1.29 is 4.74 Å². The van der Waals surface area contributed by atoms with Gasteiger partial charge in [-0.3, -0.25) is 9.88 Å². The van der Waals surface area contributed by atoms with Crippen molar-refractivity contribution in [1.82, 2.24) is 9.88 Å². The molecule has 0 radical (unpaired) electrons. The number of benzene rings is 1. The molecule has 2 heterocycles. The van der Waals surface area contributed by atoms with Gasteiger partial charge in [-0.1, -0.05) is 24.3 Å². The molecular formula is C18H22N2O. The molecule has 1 aliphatic heterocycles. The third-order valence-corrected chi connectivity index (χ3v) is 4.30. The molecule has 1 fully saturated rings. The Morgan fingerprint density at radius 3 is 2.95 bits per heavy atom. The van der Waals surface area contributed by atoms with Crippen molar-refractivity contribution in [2.24, 2.45) is 0 Å². The number of aryl methyl sites for hydroxylation is 1. The van der Waals surface area contributed by atoms with Gasteiger partial charge < -0.3 is 4.74 Å². The lowest BCUT2D eigenvalue weighted by atomic mass is 9.99. The van der Waals surface area contributed by atoms with E-state index in [4.69, 9.17) is 4.74 Å². The topological polar surface area (TPSA) is 25.4 Å². The Balaban J connectivity index is 1.79. The summed E-state index contributed by atoms with van der Waals surface area (Å²) in [6.45, 7) is 4.23. The molecule has 3 heteroatoms. The van der Waals surface area contributed by atoms with Crippen LogP contribution in [0.15, 0.2) is 42.6 Å². The van der Waals surface area contributed by atoms with Crippen LogP contribution >= 0.6 is 0 Å². The minimum Gasteiger partial charge on any atom is -0.497 e. The minimum absolute atomic E-state index is 0.513. The smallest absolute Gasteiger partial charge is 0.122 e. The Bertz CT molecular complexity index is 612. The van der Waals surface area contributed by atoms with Crippen LogP contribution in [0.2, 0.25) is 0 Å². The summed E-state index contributed by atoms with van der Waals surface area (Å²) in [4.78, 5) is 7.01. The Morgan fingerprint density at radius 1 is 1.29 bits per heavy atom. The maximum absolute atomic E-state index is 5.29. The molecule has 2 aromatic rings. The van der Waals surface area contributed by atoms with Gasteiger partial charge in [0.25, 0.3) is 0 Å². The highest BCUT2D eigenvalue weighted by Gasteiger charge is 2.27. The standard InChI is InChI=1S/C18H22N2O/c1-14-6-3-4-7-17(14)18-8-5-11-20(18)13-15-12-16(21-2)9-10-19-15/h3-4,6-7,9-10,12,18H,5,8,11,13H2,1-2H3/t18-/m0/s1. The van der Waals surface area contributed by atoms with Crippen LogP contribution in [0, 0.1) is 6.92 Å². The van der Waals surface area contributed by atoms with Crippen LogP contribution in [-0.2, 0) is 6.54 Å². The Hall–Kier alpha value is -1.87. The van der Waals surface area contributed by atoms with E-state index in [-0.39, 0.29) is 0 Å². The summed E-state index contributed by atoms with van der Waals surface area (Å²) in [5.41, 5.74) is 3.92. The summed E-state index contributed by atoms with van der Waals surface area (Å²) >= 11 is 0. The lowest BCUT2D eigenvalue weighted by molar-refractivity contribution is 0.244. The van der Waals surface area contributed by atoms with Gasteiger partial charge >= 0.3 is 0 Å². The van der Waals surface area contributed by atoms with Crippen molar-refractivity contribution in [1.29, 1.82) is 0 Å². The fourth-order valence-corrected chi connectivity index (χ4v) is 3.21. The largest absolute Gasteiger partial charge is 0.497 e. The molecule has 3 rings (SSSR count). The second-order valence-electron chi connectivity index (χ2n) is 5.67. The SMILES string of the molecule is COc1ccnc(CN2CCC[C@H]2c2ccccc2C)c1. The van der Waals surface area contributed by atoms with Gasteiger partial charge in [0, 0.05) is 24.8 Å². The predicted molar refractivity (Wildman–Crippen MR) is 84.4 cm³/mol. The maximum atomic E-state index is 5.29. The molecule has 0 aliphatic carbocycles. The highest BCUT2D eigenvalue weighted by atomic mass is 16.5. The van der Waals surface area contributed by atoms with Gasteiger partial charge in [0.1, 0.15) is 5.75 Å². The second-order valence-corrected chi connectivity index (χ2v) is 5.67. The molecule has 0 saturated carbocycles. The maximum Gasteiger partial charge on any atom is 0.122 e. The number of ether oxygens (including phenoxy) is 1. The zero-order chi connectivity index (χ0) is 14.7. The van der Waals surface area contributed by atoms with Crippen LogP contribution in [0.25, 0.3) is 0 Å². The molecule has 1 aliphatic rings. The van der Waals surface area contributed by atoms with E-state index in [0.717, 1.165) is 24.5 Å². The van der Waals surface area contributed by atoms with E-state index in [1.54, 1.807) is 7.11 Å². The van der Waals surface area contributed by atoms with Gasteiger partial charge in [-0.15, -0.1) is 0 Å². The molecule has 1 aromatic carbocycles. The Morgan fingerprint density at radius 2 is 2.14 bits per heavy atom. The first-order valence-corrected chi connectivity index (χ1v) is 7.56. The van der Waals surface area contributed by atoms with Crippen molar-refractivity contribution in [2.45, 2.75) is 32.4 Å². The molecule has 0 amide bonds. The Labute approximate surface area is 126 Å². The number of pyridine rings is 1. The summed E-state index contributed by atoms with van der Waals surface area (Å²) in [7, 11) is 1.70. The molecule has 0 bridgehead atoms. The number of aromatic nitrogens is 1. The molecular weight excluding hydrogens is 260 g/mol. The molecule has 1 aromatic heterocycles. The van der Waals surface area contributed by atoms with Gasteiger partial charge in [0.2, 0.25) is 0 Å². The summed E-state index contributed by atoms with van der Waals surface area (Å²) in [6, 6.07) is 13.2. The first-order chi connectivity index (χ1) is 10.3. The average molecular weight is 282 g/mol. The third-order valence-electron chi connectivity index (χ3n) is 4.30. The van der Waals surface area contributed by atoms with Crippen molar-refractivity contribution in [3.8, 4) is 5.75 Å². The third kappa shape index (κ3) is 3.08. The van der Waals surface area contributed by atoms with E-state index < -0.39 is 0 Å². The fraction of sp³-hybridized carbons (Fsp3) is 0.389. The van der Waals surface area contributed by atoms with Crippen LogP contribution in [0.1, 0.15) is 35.7 Å². The van der Waals surface area contributed by atoms with Gasteiger partial charge in [-0.2, -0.15) is 0 Å². The van der Waals surface area contributed by atoms with E-state index in [2.05, 4.69) is 41.1 Å². The highest BCUT2D eigenvalue weighted by Crippen LogP contribution is 2.34. The van der Waals surface area contributed by atoms with Crippen LogP contribution in [0.5, 0.6) is 5.75 Å². The van der Waals surface area contributed by atoms with E-state index >= 15 is 0 Å². The molecule has 0 unspecified atom stereocenters.